The summed E-state index contributed by atoms with van der Waals surface area (Å²) in [4.78, 5) is 29.4. The highest BCUT2D eigenvalue weighted by Gasteiger charge is 2.35. The number of nitrogens with zero attached hydrogens (tertiary/aromatic N) is 3. The molecule has 0 saturated heterocycles. The third-order valence-electron chi connectivity index (χ3n) is 6.31. The second-order valence-corrected chi connectivity index (χ2v) is 10.7. The molecule has 1 aliphatic heterocycles. The fourth-order valence-corrected chi connectivity index (χ4v) is 6.30. The Balaban J connectivity index is 1.26. The summed E-state index contributed by atoms with van der Waals surface area (Å²) in [7, 11) is 1.35. The lowest BCUT2D eigenvalue weighted by Gasteiger charge is -2.35. The molecule has 7 nitrogen and oxygen atoms in total. The molecule has 2 aliphatic rings. The van der Waals surface area contributed by atoms with E-state index >= 15 is 0 Å². The van der Waals surface area contributed by atoms with E-state index in [2.05, 4.69) is 23.2 Å². The normalized spacial score (nSPS) is 19.6. The maximum absolute atomic E-state index is 13.1. The van der Waals surface area contributed by atoms with Gasteiger partial charge in [-0.2, -0.15) is 0 Å². The summed E-state index contributed by atoms with van der Waals surface area (Å²) < 4.78 is 10.8. The molecule has 0 unspecified atom stereocenters. The van der Waals surface area contributed by atoms with Crippen molar-refractivity contribution >= 4 is 35.0 Å². The molecule has 0 fully saturated rings. The van der Waals surface area contributed by atoms with Crippen LogP contribution in [0.1, 0.15) is 34.9 Å². The van der Waals surface area contributed by atoms with E-state index in [-0.39, 0.29) is 11.7 Å². The molecule has 1 amide bonds. The summed E-state index contributed by atoms with van der Waals surface area (Å²) in [6, 6.07) is 9.40. The van der Waals surface area contributed by atoms with Gasteiger partial charge in [-0.25, -0.2) is 4.79 Å². The zero-order valence-electron chi connectivity index (χ0n) is 18.6. The highest BCUT2D eigenvalue weighted by atomic mass is 32.2. The van der Waals surface area contributed by atoms with Gasteiger partial charge in [0.25, 0.3) is 11.1 Å². The number of thiophene rings is 1. The largest absolute Gasteiger partial charge is 0.467 e. The van der Waals surface area contributed by atoms with Gasteiger partial charge < -0.3 is 14.1 Å². The van der Waals surface area contributed by atoms with Crippen LogP contribution in [0.3, 0.4) is 0 Å². The number of hydrogen-bond acceptors (Lipinski definition) is 8. The Morgan fingerprint density at radius 1 is 1.21 bits per heavy atom. The SMILES string of the molecule is COC(=O)[C@H]1Cc2ccccc2CN1C(=O)CSc1nnc(-c2cc3c(s2)CC[C@@H](C)C3)o1. The molecule has 0 spiro atoms. The van der Waals surface area contributed by atoms with Gasteiger partial charge >= 0.3 is 5.97 Å². The highest BCUT2D eigenvalue weighted by Crippen LogP contribution is 2.37. The van der Waals surface area contributed by atoms with Crippen molar-refractivity contribution in [3.05, 3.63) is 51.9 Å². The predicted octanol–water partition coefficient (Wildman–Crippen LogP) is 4.14. The van der Waals surface area contributed by atoms with Crippen LogP contribution in [0.15, 0.2) is 40.0 Å². The second-order valence-electron chi connectivity index (χ2n) is 8.60. The number of aryl methyl sites for hydroxylation is 1. The molecule has 3 aromatic rings. The van der Waals surface area contributed by atoms with Crippen LogP contribution in [0.4, 0.5) is 0 Å². The Labute approximate surface area is 200 Å². The lowest BCUT2D eigenvalue weighted by Crippen LogP contribution is -2.49. The first-order chi connectivity index (χ1) is 16.0. The number of carbonyl (C=O) groups excluding carboxylic acids is 2. The molecule has 0 bridgehead atoms. The molecule has 33 heavy (non-hydrogen) atoms. The molecule has 1 aliphatic carbocycles. The van der Waals surface area contributed by atoms with Crippen molar-refractivity contribution in [3.8, 4) is 10.8 Å². The van der Waals surface area contributed by atoms with Crippen molar-refractivity contribution < 1.29 is 18.7 Å². The molecule has 0 saturated carbocycles. The van der Waals surface area contributed by atoms with Crippen molar-refractivity contribution in [1.29, 1.82) is 0 Å². The fraction of sp³-hybridized carbons (Fsp3) is 0.417. The molecule has 3 heterocycles. The minimum atomic E-state index is -0.629. The Morgan fingerprint density at radius 2 is 2.03 bits per heavy atom. The van der Waals surface area contributed by atoms with Gasteiger partial charge in [-0.15, -0.1) is 21.5 Å². The second kappa shape index (κ2) is 9.30. The van der Waals surface area contributed by atoms with E-state index in [4.69, 9.17) is 9.15 Å². The number of ether oxygens (including phenoxy) is 1. The summed E-state index contributed by atoms with van der Waals surface area (Å²) in [5, 5.41) is 8.68. The number of carbonyl (C=O) groups is 2. The van der Waals surface area contributed by atoms with Crippen LogP contribution in [-0.2, 0) is 40.1 Å². The van der Waals surface area contributed by atoms with E-state index in [1.165, 1.54) is 35.7 Å². The molecule has 9 heteroatoms. The molecular formula is C24H25N3O4S2. The molecule has 2 aromatic heterocycles. The number of benzene rings is 1. The Kier molecular flexibility index (Phi) is 6.25. The minimum absolute atomic E-state index is 0.107. The smallest absolute Gasteiger partial charge is 0.328 e. The molecule has 172 valence electrons. The third-order valence-corrected chi connectivity index (χ3v) is 8.34. The van der Waals surface area contributed by atoms with E-state index in [9.17, 15) is 9.59 Å². The molecule has 1 aromatic carbocycles. The third kappa shape index (κ3) is 4.56. The van der Waals surface area contributed by atoms with Crippen molar-refractivity contribution in [2.45, 2.75) is 50.4 Å². The van der Waals surface area contributed by atoms with Crippen molar-refractivity contribution in [1.82, 2.24) is 15.1 Å². The van der Waals surface area contributed by atoms with Crippen LogP contribution in [-0.4, -0.2) is 45.9 Å². The van der Waals surface area contributed by atoms with Gasteiger partial charge in [-0.3, -0.25) is 4.79 Å². The summed E-state index contributed by atoms with van der Waals surface area (Å²) in [6.45, 7) is 2.66. The lowest BCUT2D eigenvalue weighted by atomic mass is 9.90. The van der Waals surface area contributed by atoms with Gasteiger partial charge in [0.2, 0.25) is 5.91 Å². The zero-order chi connectivity index (χ0) is 22.9. The van der Waals surface area contributed by atoms with Crippen LogP contribution in [0.25, 0.3) is 10.8 Å². The van der Waals surface area contributed by atoms with Crippen LogP contribution >= 0.6 is 23.1 Å². The summed E-state index contributed by atoms with van der Waals surface area (Å²) in [5.41, 5.74) is 3.50. The number of esters is 1. The summed E-state index contributed by atoms with van der Waals surface area (Å²) in [6.07, 6.45) is 3.86. The van der Waals surface area contributed by atoms with Crippen molar-refractivity contribution in [3.63, 3.8) is 0 Å². The molecular weight excluding hydrogens is 458 g/mol. The average Bonchev–Trinajstić information content (AvgIpc) is 3.47. The lowest BCUT2D eigenvalue weighted by molar-refractivity contribution is -0.153. The molecule has 5 rings (SSSR count). The Hall–Kier alpha value is -2.65. The molecule has 0 N–H and O–H groups in total. The van der Waals surface area contributed by atoms with Gasteiger partial charge in [-0.1, -0.05) is 43.0 Å². The van der Waals surface area contributed by atoms with Crippen molar-refractivity contribution in [2.75, 3.05) is 12.9 Å². The maximum atomic E-state index is 13.1. The van der Waals surface area contributed by atoms with Crippen LogP contribution < -0.4 is 0 Å². The van der Waals surface area contributed by atoms with E-state index in [0.717, 1.165) is 28.8 Å². The van der Waals surface area contributed by atoms with Crippen molar-refractivity contribution in [2.24, 2.45) is 5.92 Å². The first-order valence-electron chi connectivity index (χ1n) is 11.0. The van der Waals surface area contributed by atoms with E-state index in [1.807, 2.05) is 24.3 Å². The van der Waals surface area contributed by atoms with Gasteiger partial charge in [0.15, 0.2) is 0 Å². The number of methoxy groups -OCH3 is 1. The van der Waals surface area contributed by atoms with E-state index in [1.54, 1.807) is 16.2 Å². The topological polar surface area (TPSA) is 85.5 Å². The summed E-state index contributed by atoms with van der Waals surface area (Å²) >= 11 is 2.91. The Morgan fingerprint density at radius 3 is 2.85 bits per heavy atom. The summed E-state index contributed by atoms with van der Waals surface area (Å²) in [5.74, 6) is 0.742. The predicted molar refractivity (Wildman–Crippen MR) is 126 cm³/mol. The van der Waals surface area contributed by atoms with Gasteiger partial charge in [0.1, 0.15) is 6.04 Å². The number of aromatic nitrogens is 2. The number of thioether (sulfide) groups is 1. The van der Waals surface area contributed by atoms with Gasteiger partial charge in [-0.05, 0) is 47.9 Å². The van der Waals surface area contributed by atoms with Gasteiger partial charge in [0, 0.05) is 17.8 Å². The molecule has 0 radical (unpaired) electrons. The standard InChI is InChI=1S/C24H25N3O4S2/c1-14-7-8-19-17(9-14)11-20(33-19)22-25-26-24(31-22)32-13-21(28)27-12-16-6-4-3-5-15(16)10-18(27)23(29)30-2/h3-6,11,14,18H,7-10,12-13H2,1-2H3/t14-,18-/m1/s1. The van der Waals surface area contributed by atoms with Crippen LogP contribution in [0.2, 0.25) is 0 Å². The molecule has 2 atom stereocenters. The van der Waals surface area contributed by atoms with E-state index < -0.39 is 12.0 Å². The number of hydrogen-bond donors (Lipinski definition) is 0. The first kappa shape index (κ1) is 22.2. The van der Waals surface area contributed by atoms with Crippen LogP contribution in [0, 0.1) is 5.92 Å². The average molecular weight is 484 g/mol. The minimum Gasteiger partial charge on any atom is -0.467 e. The fourth-order valence-electron chi connectivity index (χ4n) is 4.52. The first-order valence-corrected chi connectivity index (χ1v) is 12.8. The van der Waals surface area contributed by atoms with E-state index in [0.29, 0.717) is 30.0 Å². The number of rotatable bonds is 5. The monoisotopic (exact) mass is 483 g/mol. The zero-order valence-corrected chi connectivity index (χ0v) is 20.2. The number of amides is 1. The quantitative estimate of drug-likeness (QED) is 0.398. The highest BCUT2D eigenvalue weighted by molar-refractivity contribution is 7.99. The Bertz CT molecular complexity index is 1190. The number of fused-ring (bicyclic) bond motifs is 2. The maximum Gasteiger partial charge on any atom is 0.328 e. The van der Waals surface area contributed by atoms with Crippen LogP contribution in [0.5, 0.6) is 0 Å². The van der Waals surface area contributed by atoms with Gasteiger partial charge in [0.05, 0.1) is 17.7 Å².